The molecule has 132 valence electrons. The minimum absolute atomic E-state index is 0.00606. The normalized spacial score (nSPS) is 12.8. The van der Waals surface area contributed by atoms with E-state index < -0.39 is 15.9 Å². The third-order valence-corrected chi connectivity index (χ3v) is 5.05. The molecular weight excluding hydrogens is 348 g/mol. The van der Waals surface area contributed by atoms with E-state index in [-0.39, 0.29) is 29.5 Å². The Labute approximate surface area is 144 Å². The molecule has 0 fully saturated rings. The lowest BCUT2D eigenvalue weighted by Gasteiger charge is -2.10. The lowest BCUT2D eigenvalue weighted by Crippen LogP contribution is -2.24. The Balaban J connectivity index is 1.80. The van der Waals surface area contributed by atoms with Crippen molar-refractivity contribution in [3.05, 3.63) is 47.5 Å². The molecule has 1 amide bonds. The number of rotatable bonds is 6. The SMILES string of the molecule is COc1ccc(S(=O)(=O)NCc2ccc3c(c2)OCO3)cc1C(N)=O. The highest BCUT2D eigenvalue weighted by molar-refractivity contribution is 7.89. The van der Waals surface area contributed by atoms with Gasteiger partial charge in [-0.1, -0.05) is 6.07 Å². The topological polar surface area (TPSA) is 117 Å². The molecule has 0 saturated heterocycles. The monoisotopic (exact) mass is 364 g/mol. The lowest BCUT2D eigenvalue weighted by atomic mass is 10.2. The minimum atomic E-state index is -3.84. The molecular formula is C16H16N2O6S. The molecule has 0 aromatic heterocycles. The summed E-state index contributed by atoms with van der Waals surface area (Å²) in [5.41, 5.74) is 5.96. The van der Waals surface area contributed by atoms with Crippen LogP contribution in [0.25, 0.3) is 0 Å². The predicted molar refractivity (Wildman–Crippen MR) is 88.1 cm³/mol. The van der Waals surface area contributed by atoms with Crippen LogP contribution in [0.15, 0.2) is 41.3 Å². The number of sulfonamides is 1. The number of nitrogens with one attached hydrogen (secondary N) is 1. The van der Waals surface area contributed by atoms with E-state index in [1.165, 1.54) is 25.3 Å². The minimum Gasteiger partial charge on any atom is -0.496 e. The number of ether oxygens (including phenoxy) is 3. The van der Waals surface area contributed by atoms with Crippen LogP contribution < -0.4 is 24.7 Å². The van der Waals surface area contributed by atoms with E-state index in [2.05, 4.69) is 4.72 Å². The van der Waals surface area contributed by atoms with Crippen molar-refractivity contribution in [1.82, 2.24) is 4.72 Å². The molecule has 3 rings (SSSR count). The van der Waals surface area contributed by atoms with E-state index in [9.17, 15) is 13.2 Å². The van der Waals surface area contributed by atoms with E-state index in [1.54, 1.807) is 18.2 Å². The molecule has 0 bridgehead atoms. The van der Waals surface area contributed by atoms with Crippen LogP contribution in [0.4, 0.5) is 0 Å². The van der Waals surface area contributed by atoms with Crippen LogP contribution in [0, 0.1) is 0 Å². The van der Waals surface area contributed by atoms with E-state index in [0.29, 0.717) is 17.1 Å². The molecule has 0 radical (unpaired) electrons. The maximum Gasteiger partial charge on any atom is 0.252 e. The third-order valence-electron chi connectivity index (χ3n) is 3.65. The van der Waals surface area contributed by atoms with Crippen molar-refractivity contribution in [2.45, 2.75) is 11.4 Å². The lowest BCUT2D eigenvalue weighted by molar-refractivity contribution is 0.0997. The summed E-state index contributed by atoms with van der Waals surface area (Å²) < 4.78 is 42.8. The first-order chi connectivity index (χ1) is 11.9. The smallest absolute Gasteiger partial charge is 0.252 e. The van der Waals surface area contributed by atoms with Gasteiger partial charge in [-0.25, -0.2) is 13.1 Å². The standard InChI is InChI=1S/C16H16N2O6S/c1-22-13-5-3-11(7-12(13)16(17)19)25(20,21)18-8-10-2-4-14-15(6-10)24-9-23-14/h2-7,18H,8-9H2,1H3,(H2,17,19). The summed E-state index contributed by atoms with van der Waals surface area (Å²) in [6.45, 7) is 0.198. The number of carbonyl (C=O) groups is 1. The number of primary amides is 1. The molecule has 0 unspecified atom stereocenters. The van der Waals surface area contributed by atoms with Gasteiger partial charge in [0.15, 0.2) is 11.5 Å². The van der Waals surface area contributed by atoms with E-state index in [1.807, 2.05) is 0 Å². The summed E-state index contributed by atoms with van der Waals surface area (Å²) in [5.74, 6) is 0.622. The van der Waals surface area contributed by atoms with E-state index in [0.717, 1.165) is 0 Å². The summed E-state index contributed by atoms with van der Waals surface area (Å²) >= 11 is 0. The van der Waals surface area contributed by atoms with Gasteiger partial charge in [-0.3, -0.25) is 4.79 Å². The molecule has 9 heteroatoms. The Morgan fingerprint density at radius 1 is 1.20 bits per heavy atom. The molecule has 3 N–H and O–H groups in total. The Hall–Kier alpha value is -2.78. The fourth-order valence-electron chi connectivity index (χ4n) is 2.36. The van der Waals surface area contributed by atoms with Crippen LogP contribution in [-0.4, -0.2) is 28.2 Å². The first-order valence-corrected chi connectivity index (χ1v) is 8.75. The Kier molecular flexibility index (Phi) is 4.51. The van der Waals surface area contributed by atoms with Crippen LogP contribution in [0.3, 0.4) is 0 Å². The number of benzene rings is 2. The second-order valence-electron chi connectivity index (χ2n) is 5.24. The van der Waals surface area contributed by atoms with Gasteiger partial charge >= 0.3 is 0 Å². The zero-order chi connectivity index (χ0) is 18.0. The number of carbonyl (C=O) groups excluding carboxylic acids is 1. The summed E-state index contributed by atoms with van der Waals surface area (Å²) in [4.78, 5) is 11.4. The Bertz CT molecular complexity index is 926. The second kappa shape index (κ2) is 6.61. The van der Waals surface area contributed by atoms with Crippen molar-refractivity contribution >= 4 is 15.9 Å². The van der Waals surface area contributed by atoms with Gasteiger partial charge in [-0.05, 0) is 35.9 Å². The summed E-state index contributed by atoms with van der Waals surface area (Å²) in [5, 5.41) is 0. The molecule has 8 nitrogen and oxygen atoms in total. The van der Waals surface area contributed by atoms with Gasteiger partial charge in [0.25, 0.3) is 5.91 Å². The van der Waals surface area contributed by atoms with E-state index in [4.69, 9.17) is 19.9 Å². The number of hydrogen-bond acceptors (Lipinski definition) is 6. The number of nitrogens with two attached hydrogens (primary N) is 1. The molecule has 0 atom stereocenters. The van der Waals surface area contributed by atoms with Crippen LogP contribution >= 0.6 is 0 Å². The highest BCUT2D eigenvalue weighted by atomic mass is 32.2. The van der Waals surface area contributed by atoms with E-state index >= 15 is 0 Å². The molecule has 2 aromatic carbocycles. The van der Waals surface area contributed by atoms with Crippen molar-refractivity contribution in [3.8, 4) is 17.2 Å². The van der Waals surface area contributed by atoms with Crippen molar-refractivity contribution in [2.24, 2.45) is 5.73 Å². The first-order valence-electron chi connectivity index (χ1n) is 7.27. The summed E-state index contributed by atoms with van der Waals surface area (Å²) in [6.07, 6.45) is 0. The van der Waals surface area contributed by atoms with Gasteiger partial charge in [-0.15, -0.1) is 0 Å². The Morgan fingerprint density at radius 3 is 2.68 bits per heavy atom. The van der Waals surface area contributed by atoms with Crippen LogP contribution in [0.1, 0.15) is 15.9 Å². The van der Waals surface area contributed by atoms with Crippen LogP contribution in [-0.2, 0) is 16.6 Å². The molecule has 0 spiro atoms. The van der Waals surface area contributed by atoms with Crippen molar-refractivity contribution in [1.29, 1.82) is 0 Å². The van der Waals surface area contributed by atoms with Gasteiger partial charge in [-0.2, -0.15) is 0 Å². The summed E-state index contributed by atoms with van der Waals surface area (Å²) in [7, 11) is -2.47. The number of hydrogen-bond donors (Lipinski definition) is 2. The molecule has 1 heterocycles. The Morgan fingerprint density at radius 2 is 1.96 bits per heavy atom. The van der Waals surface area contributed by atoms with Crippen LogP contribution in [0.5, 0.6) is 17.2 Å². The zero-order valence-corrected chi connectivity index (χ0v) is 14.1. The van der Waals surface area contributed by atoms with Gasteiger partial charge < -0.3 is 19.9 Å². The molecule has 1 aliphatic heterocycles. The fraction of sp³-hybridized carbons (Fsp3) is 0.188. The van der Waals surface area contributed by atoms with Gasteiger partial charge in [0, 0.05) is 6.54 Å². The molecule has 2 aromatic rings. The largest absolute Gasteiger partial charge is 0.496 e. The van der Waals surface area contributed by atoms with Gasteiger partial charge in [0.2, 0.25) is 16.8 Å². The number of fused-ring (bicyclic) bond motifs is 1. The second-order valence-corrected chi connectivity index (χ2v) is 7.01. The van der Waals surface area contributed by atoms with Gasteiger partial charge in [0.1, 0.15) is 5.75 Å². The number of amides is 1. The van der Waals surface area contributed by atoms with Crippen molar-refractivity contribution < 1.29 is 27.4 Å². The van der Waals surface area contributed by atoms with Gasteiger partial charge in [0.05, 0.1) is 17.6 Å². The quantitative estimate of drug-likeness (QED) is 0.790. The number of methoxy groups -OCH3 is 1. The predicted octanol–water partition coefficient (Wildman–Crippen LogP) is 1.00. The van der Waals surface area contributed by atoms with Crippen molar-refractivity contribution in [2.75, 3.05) is 13.9 Å². The maximum absolute atomic E-state index is 12.5. The third kappa shape index (κ3) is 3.52. The van der Waals surface area contributed by atoms with Crippen molar-refractivity contribution in [3.63, 3.8) is 0 Å². The average Bonchev–Trinajstić information content (AvgIpc) is 3.07. The zero-order valence-electron chi connectivity index (χ0n) is 13.3. The molecule has 0 saturated carbocycles. The summed E-state index contributed by atoms with van der Waals surface area (Å²) in [6, 6.07) is 9.06. The van der Waals surface area contributed by atoms with Crippen LogP contribution in [0.2, 0.25) is 0 Å². The average molecular weight is 364 g/mol. The highest BCUT2D eigenvalue weighted by Gasteiger charge is 2.19. The fourth-order valence-corrected chi connectivity index (χ4v) is 3.40. The molecule has 25 heavy (non-hydrogen) atoms. The molecule has 1 aliphatic rings. The maximum atomic E-state index is 12.5. The first kappa shape index (κ1) is 17.1. The molecule has 0 aliphatic carbocycles. The highest BCUT2D eigenvalue weighted by Crippen LogP contribution is 2.32.